The Labute approximate surface area is 131 Å². The Balaban J connectivity index is 2.13. The van der Waals surface area contributed by atoms with Crippen molar-refractivity contribution in [2.24, 2.45) is 0 Å². The number of benzene rings is 1. The third-order valence-electron chi connectivity index (χ3n) is 2.45. The van der Waals surface area contributed by atoms with E-state index in [2.05, 4.69) is 20.4 Å². The maximum absolute atomic E-state index is 13.9. The SMILES string of the molecule is CC(C)(C)OC(=O)NC(F)(F)c1nnc(-c2ccccc2)nn1. The van der Waals surface area contributed by atoms with E-state index in [1.165, 1.54) is 5.32 Å². The highest BCUT2D eigenvalue weighted by Gasteiger charge is 2.39. The molecule has 23 heavy (non-hydrogen) atoms. The molecule has 0 fully saturated rings. The fourth-order valence-electron chi connectivity index (χ4n) is 1.55. The van der Waals surface area contributed by atoms with Crippen LogP contribution in [0.5, 0.6) is 0 Å². The van der Waals surface area contributed by atoms with Gasteiger partial charge < -0.3 is 4.74 Å². The van der Waals surface area contributed by atoms with Crippen molar-refractivity contribution < 1.29 is 18.3 Å². The molecule has 1 N–H and O–H groups in total. The number of carbonyl (C=O) groups is 1. The molecule has 0 bridgehead atoms. The predicted molar refractivity (Wildman–Crippen MR) is 76.3 cm³/mol. The molecule has 0 aliphatic carbocycles. The molecule has 9 heteroatoms. The first kappa shape index (κ1) is 16.7. The standard InChI is InChI=1S/C14H15F2N5O2/c1-13(2,3)23-12(22)17-14(15,16)11-20-18-10(19-21-11)9-7-5-4-6-8-9/h4-8H,1-3H3,(H,17,22). The molecule has 0 aliphatic rings. The molecule has 2 rings (SSSR count). The average Bonchev–Trinajstić information content (AvgIpc) is 2.45. The number of ether oxygens (including phenoxy) is 1. The van der Waals surface area contributed by atoms with Crippen LogP contribution in [-0.4, -0.2) is 32.1 Å². The van der Waals surface area contributed by atoms with Crippen molar-refractivity contribution in [1.29, 1.82) is 0 Å². The van der Waals surface area contributed by atoms with Crippen LogP contribution in [0.1, 0.15) is 26.6 Å². The molecule has 2 aromatic rings. The number of hydrogen-bond acceptors (Lipinski definition) is 6. The number of aromatic nitrogens is 4. The van der Waals surface area contributed by atoms with Gasteiger partial charge in [-0.25, -0.2) is 4.79 Å². The van der Waals surface area contributed by atoms with E-state index in [-0.39, 0.29) is 5.82 Å². The van der Waals surface area contributed by atoms with Gasteiger partial charge in [0.2, 0.25) is 5.82 Å². The number of alkyl halides is 2. The highest BCUT2D eigenvalue weighted by molar-refractivity contribution is 5.68. The molecule has 1 aromatic carbocycles. The molecular formula is C14H15F2N5O2. The van der Waals surface area contributed by atoms with Crippen LogP contribution in [-0.2, 0) is 10.8 Å². The van der Waals surface area contributed by atoms with Gasteiger partial charge in [-0.1, -0.05) is 30.3 Å². The lowest BCUT2D eigenvalue weighted by atomic mass is 10.2. The van der Waals surface area contributed by atoms with Gasteiger partial charge in [0.25, 0.3) is 5.82 Å². The summed E-state index contributed by atoms with van der Waals surface area (Å²) < 4.78 is 32.6. The van der Waals surface area contributed by atoms with Crippen LogP contribution in [0.15, 0.2) is 30.3 Å². The van der Waals surface area contributed by atoms with Crippen molar-refractivity contribution in [3.63, 3.8) is 0 Å². The molecule has 0 unspecified atom stereocenters. The highest BCUT2D eigenvalue weighted by Crippen LogP contribution is 2.21. The molecule has 122 valence electrons. The van der Waals surface area contributed by atoms with Crippen molar-refractivity contribution in [2.75, 3.05) is 0 Å². The highest BCUT2D eigenvalue weighted by atomic mass is 19.3. The number of rotatable bonds is 3. The molecule has 7 nitrogen and oxygen atoms in total. The van der Waals surface area contributed by atoms with Crippen molar-refractivity contribution in [3.8, 4) is 11.4 Å². The molecule has 0 aliphatic heterocycles. The number of nitrogens with one attached hydrogen (secondary N) is 1. The monoisotopic (exact) mass is 323 g/mol. The van der Waals surface area contributed by atoms with Crippen LogP contribution < -0.4 is 5.32 Å². The summed E-state index contributed by atoms with van der Waals surface area (Å²) in [6.07, 6.45) is -1.29. The largest absolute Gasteiger partial charge is 0.444 e. The van der Waals surface area contributed by atoms with Crippen LogP contribution >= 0.6 is 0 Å². The van der Waals surface area contributed by atoms with Crippen molar-refractivity contribution in [1.82, 2.24) is 25.7 Å². The number of hydrogen-bond donors (Lipinski definition) is 1. The first-order chi connectivity index (χ1) is 10.7. The van der Waals surface area contributed by atoms with E-state index in [0.717, 1.165) is 0 Å². The van der Waals surface area contributed by atoms with Crippen molar-refractivity contribution >= 4 is 6.09 Å². The van der Waals surface area contributed by atoms with Crippen LogP contribution in [0.2, 0.25) is 0 Å². The normalized spacial score (nSPS) is 11.9. The minimum absolute atomic E-state index is 0.0995. The van der Waals surface area contributed by atoms with E-state index < -0.39 is 23.6 Å². The van der Waals surface area contributed by atoms with E-state index in [1.54, 1.807) is 51.1 Å². The van der Waals surface area contributed by atoms with Gasteiger partial charge in [-0.05, 0) is 20.8 Å². The average molecular weight is 323 g/mol. The Bertz CT molecular complexity index is 672. The maximum Gasteiger partial charge on any atom is 0.412 e. The first-order valence-corrected chi connectivity index (χ1v) is 6.70. The topological polar surface area (TPSA) is 89.9 Å². The summed E-state index contributed by atoms with van der Waals surface area (Å²) in [7, 11) is 0. The molecule has 0 saturated heterocycles. The van der Waals surface area contributed by atoms with Crippen LogP contribution in [0, 0.1) is 0 Å². The van der Waals surface area contributed by atoms with Gasteiger partial charge in [0.15, 0.2) is 0 Å². The molecule has 1 aromatic heterocycles. The third kappa shape index (κ3) is 4.63. The summed E-state index contributed by atoms with van der Waals surface area (Å²) >= 11 is 0. The van der Waals surface area contributed by atoms with E-state index in [9.17, 15) is 13.6 Å². The molecular weight excluding hydrogens is 308 g/mol. The van der Waals surface area contributed by atoms with E-state index in [0.29, 0.717) is 5.56 Å². The summed E-state index contributed by atoms with van der Waals surface area (Å²) in [4.78, 5) is 11.4. The van der Waals surface area contributed by atoms with Crippen LogP contribution in [0.4, 0.5) is 13.6 Å². The zero-order chi connectivity index (χ0) is 17.1. The number of amides is 1. The van der Waals surface area contributed by atoms with Crippen LogP contribution in [0.25, 0.3) is 11.4 Å². The Morgan fingerprint density at radius 3 is 2.13 bits per heavy atom. The Kier molecular flexibility index (Phi) is 4.48. The maximum atomic E-state index is 13.9. The van der Waals surface area contributed by atoms with Crippen molar-refractivity contribution in [3.05, 3.63) is 36.2 Å². The summed E-state index contributed by atoms with van der Waals surface area (Å²) in [6, 6.07) is 4.80. The van der Waals surface area contributed by atoms with E-state index >= 15 is 0 Å². The second-order valence-electron chi connectivity index (χ2n) is 5.61. The summed E-state index contributed by atoms with van der Waals surface area (Å²) in [5, 5.41) is 15.3. The van der Waals surface area contributed by atoms with Gasteiger partial charge in [-0.15, -0.1) is 20.4 Å². The summed E-state index contributed by atoms with van der Waals surface area (Å²) in [6.45, 7) is 4.66. The van der Waals surface area contributed by atoms with Gasteiger partial charge in [0.05, 0.1) is 0 Å². The molecule has 1 heterocycles. The van der Waals surface area contributed by atoms with Crippen LogP contribution in [0.3, 0.4) is 0 Å². The quantitative estimate of drug-likeness (QED) is 0.873. The minimum atomic E-state index is -3.85. The third-order valence-corrected chi connectivity index (χ3v) is 2.45. The second-order valence-corrected chi connectivity index (χ2v) is 5.61. The Morgan fingerprint density at radius 1 is 1.04 bits per heavy atom. The Hall–Kier alpha value is -2.71. The number of carbonyl (C=O) groups excluding carboxylic acids is 1. The van der Waals surface area contributed by atoms with Gasteiger partial charge in [0, 0.05) is 5.56 Å². The Morgan fingerprint density at radius 2 is 1.61 bits per heavy atom. The number of nitrogens with zero attached hydrogens (tertiary/aromatic N) is 4. The molecule has 1 amide bonds. The second kappa shape index (κ2) is 6.19. The number of halogens is 2. The minimum Gasteiger partial charge on any atom is -0.444 e. The predicted octanol–water partition coefficient (Wildman–Crippen LogP) is 2.51. The smallest absolute Gasteiger partial charge is 0.412 e. The van der Waals surface area contributed by atoms with Gasteiger partial charge in [-0.3, -0.25) is 5.32 Å². The fourth-order valence-corrected chi connectivity index (χ4v) is 1.55. The van der Waals surface area contributed by atoms with E-state index in [1.807, 2.05) is 0 Å². The lowest BCUT2D eigenvalue weighted by Crippen LogP contribution is -2.43. The van der Waals surface area contributed by atoms with Crippen molar-refractivity contribution in [2.45, 2.75) is 32.4 Å². The van der Waals surface area contributed by atoms with Gasteiger partial charge in [-0.2, -0.15) is 8.78 Å². The lowest BCUT2D eigenvalue weighted by Gasteiger charge is -2.22. The molecule has 0 radical (unpaired) electrons. The fraction of sp³-hybridized carbons (Fsp3) is 0.357. The van der Waals surface area contributed by atoms with Gasteiger partial charge in [0.1, 0.15) is 5.60 Å². The molecule has 0 spiro atoms. The molecule has 0 saturated carbocycles. The lowest BCUT2D eigenvalue weighted by molar-refractivity contribution is -0.0570. The summed E-state index contributed by atoms with van der Waals surface area (Å²) in [5.74, 6) is -0.926. The zero-order valence-corrected chi connectivity index (χ0v) is 12.7. The van der Waals surface area contributed by atoms with E-state index in [4.69, 9.17) is 4.74 Å². The first-order valence-electron chi connectivity index (χ1n) is 6.70. The van der Waals surface area contributed by atoms with Gasteiger partial charge >= 0.3 is 12.1 Å². The summed E-state index contributed by atoms with van der Waals surface area (Å²) in [5.41, 5.74) is -0.322. The zero-order valence-electron chi connectivity index (χ0n) is 12.7. The molecule has 0 atom stereocenters. The number of alkyl carbamates (subject to hydrolysis) is 1.